The molecule has 1 aromatic heterocycles. The number of amides is 1. The zero-order valence-electron chi connectivity index (χ0n) is 13.5. The Morgan fingerprint density at radius 3 is 2.65 bits per heavy atom. The monoisotopic (exact) mass is 314 g/mol. The molecule has 0 atom stereocenters. The number of aryl methyl sites for hydroxylation is 1. The molecule has 2 rings (SSSR count). The van der Waals surface area contributed by atoms with Gasteiger partial charge in [0, 0.05) is 18.3 Å². The van der Waals surface area contributed by atoms with Gasteiger partial charge in [-0.1, -0.05) is 31.2 Å². The lowest BCUT2D eigenvalue weighted by Gasteiger charge is -2.12. The molecule has 1 N–H and O–H groups in total. The second-order valence-electron chi connectivity index (χ2n) is 4.93. The van der Waals surface area contributed by atoms with Crippen LogP contribution in [0.3, 0.4) is 0 Å². The van der Waals surface area contributed by atoms with Crippen molar-refractivity contribution >= 4 is 5.91 Å². The predicted molar refractivity (Wildman–Crippen MR) is 88.6 cm³/mol. The summed E-state index contributed by atoms with van der Waals surface area (Å²) in [5.41, 5.74) is 1.93. The van der Waals surface area contributed by atoms with Gasteiger partial charge in [-0.3, -0.25) is 4.79 Å². The van der Waals surface area contributed by atoms with Gasteiger partial charge < -0.3 is 14.8 Å². The Balaban J connectivity index is 1.86. The third-order valence-electron chi connectivity index (χ3n) is 3.32. The molecule has 1 amide bonds. The quantitative estimate of drug-likeness (QED) is 0.814. The summed E-state index contributed by atoms with van der Waals surface area (Å²) < 4.78 is 11.0. The molecule has 23 heavy (non-hydrogen) atoms. The molecule has 0 saturated heterocycles. The highest BCUT2D eigenvalue weighted by atomic mass is 16.5. The first-order valence-electron chi connectivity index (χ1n) is 7.78. The number of hydrogen-bond acceptors (Lipinski definition) is 4. The average molecular weight is 314 g/mol. The van der Waals surface area contributed by atoms with Crippen LogP contribution in [-0.4, -0.2) is 24.1 Å². The molecule has 0 aliphatic heterocycles. The normalized spacial score (nSPS) is 10.2. The molecule has 5 nitrogen and oxygen atoms in total. The van der Waals surface area contributed by atoms with E-state index in [2.05, 4.69) is 17.2 Å². The first-order chi connectivity index (χ1) is 11.2. The molecule has 5 heteroatoms. The minimum Gasteiger partial charge on any atom is -0.483 e. The van der Waals surface area contributed by atoms with E-state index in [1.807, 2.05) is 43.3 Å². The zero-order chi connectivity index (χ0) is 16.5. The Hall–Kier alpha value is -2.56. The Labute approximate surface area is 136 Å². The summed E-state index contributed by atoms with van der Waals surface area (Å²) in [6.07, 6.45) is 2.53. The number of hydrogen-bond donors (Lipinski definition) is 1. The molecule has 0 aliphatic carbocycles. The third-order valence-corrected chi connectivity index (χ3v) is 3.32. The summed E-state index contributed by atoms with van der Waals surface area (Å²) in [5, 5.41) is 2.82. The van der Waals surface area contributed by atoms with E-state index < -0.39 is 0 Å². The molecular weight excluding hydrogens is 292 g/mol. The van der Waals surface area contributed by atoms with Crippen LogP contribution in [-0.2, 0) is 17.8 Å². The van der Waals surface area contributed by atoms with Crippen LogP contribution in [0.1, 0.15) is 25.0 Å². The van der Waals surface area contributed by atoms with E-state index in [4.69, 9.17) is 9.47 Å². The highest BCUT2D eigenvalue weighted by Gasteiger charge is 2.08. The Morgan fingerprint density at radius 1 is 1.09 bits per heavy atom. The molecule has 1 aromatic carbocycles. The summed E-state index contributed by atoms with van der Waals surface area (Å²) in [6.45, 7) is 4.84. The number of rotatable bonds is 8. The largest absolute Gasteiger partial charge is 0.483 e. The molecule has 0 unspecified atom stereocenters. The standard InChI is InChI=1S/C18H22N2O3/c1-3-14-8-5-6-10-16(14)23-13-17(21)20-12-15-9-7-11-19-18(15)22-4-2/h5-11H,3-4,12-13H2,1-2H3,(H,20,21). The summed E-state index contributed by atoms with van der Waals surface area (Å²) in [6, 6.07) is 11.4. The van der Waals surface area contributed by atoms with Crippen molar-refractivity contribution in [1.29, 1.82) is 0 Å². The first-order valence-corrected chi connectivity index (χ1v) is 7.78. The number of pyridine rings is 1. The molecule has 122 valence electrons. The van der Waals surface area contributed by atoms with E-state index in [0.29, 0.717) is 19.0 Å². The van der Waals surface area contributed by atoms with Gasteiger partial charge in [-0.15, -0.1) is 0 Å². The smallest absolute Gasteiger partial charge is 0.258 e. The minimum absolute atomic E-state index is 0.0127. The molecule has 2 aromatic rings. The summed E-state index contributed by atoms with van der Waals surface area (Å²) in [5.74, 6) is 1.12. The van der Waals surface area contributed by atoms with E-state index in [1.54, 1.807) is 6.20 Å². The van der Waals surface area contributed by atoms with E-state index in [-0.39, 0.29) is 12.5 Å². The Bertz CT molecular complexity index is 644. The van der Waals surface area contributed by atoms with Gasteiger partial charge in [0.25, 0.3) is 5.91 Å². The van der Waals surface area contributed by atoms with Crippen LogP contribution >= 0.6 is 0 Å². The van der Waals surface area contributed by atoms with Crippen molar-refractivity contribution in [3.05, 3.63) is 53.7 Å². The van der Waals surface area contributed by atoms with Crippen LogP contribution in [0.5, 0.6) is 11.6 Å². The van der Waals surface area contributed by atoms with E-state index in [0.717, 1.165) is 23.3 Å². The maximum Gasteiger partial charge on any atom is 0.258 e. The lowest BCUT2D eigenvalue weighted by molar-refractivity contribution is -0.123. The molecule has 0 saturated carbocycles. The number of carbonyl (C=O) groups is 1. The van der Waals surface area contributed by atoms with Gasteiger partial charge in [0.2, 0.25) is 5.88 Å². The van der Waals surface area contributed by atoms with Gasteiger partial charge in [0.15, 0.2) is 6.61 Å². The highest BCUT2D eigenvalue weighted by molar-refractivity contribution is 5.77. The van der Waals surface area contributed by atoms with Gasteiger partial charge in [-0.05, 0) is 31.0 Å². The fourth-order valence-electron chi connectivity index (χ4n) is 2.15. The molecule has 0 fully saturated rings. The molecule has 0 radical (unpaired) electrons. The van der Waals surface area contributed by atoms with Crippen LogP contribution in [0.4, 0.5) is 0 Å². The van der Waals surface area contributed by atoms with Crippen molar-refractivity contribution < 1.29 is 14.3 Å². The van der Waals surface area contributed by atoms with Crippen molar-refractivity contribution in [2.45, 2.75) is 26.8 Å². The Morgan fingerprint density at radius 2 is 1.87 bits per heavy atom. The van der Waals surface area contributed by atoms with Gasteiger partial charge in [0.1, 0.15) is 5.75 Å². The molecule has 1 heterocycles. The van der Waals surface area contributed by atoms with Crippen LogP contribution in [0.25, 0.3) is 0 Å². The summed E-state index contributed by atoms with van der Waals surface area (Å²) in [7, 11) is 0. The maximum atomic E-state index is 12.0. The second-order valence-corrected chi connectivity index (χ2v) is 4.93. The molecule has 0 spiro atoms. The van der Waals surface area contributed by atoms with Crippen LogP contribution in [0, 0.1) is 0 Å². The summed E-state index contributed by atoms with van der Waals surface area (Å²) in [4.78, 5) is 16.1. The number of aromatic nitrogens is 1. The zero-order valence-corrected chi connectivity index (χ0v) is 13.5. The molecule has 0 bridgehead atoms. The van der Waals surface area contributed by atoms with Crippen molar-refractivity contribution in [3.63, 3.8) is 0 Å². The second kappa shape index (κ2) is 8.78. The lowest BCUT2D eigenvalue weighted by Crippen LogP contribution is -2.28. The van der Waals surface area contributed by atoms with Gasteiger partial charge >= 0.3 is 0 Å². The van der Waals surface area contributed by atoms with Crippen LogP contribution in [0.15, 0.2) is 42.6 Å². The third kappa shape index (κ3) is 4.98. The van der Waals surface area contributed by atoms with Crippen LogP contribution < -0.4 is 14.8 Å². The fraction of sp³-hybridized carbons (Fsp3) is 0.333. The number of ether oxygens (including phenoxy) is 2. The topological polar surface area (TPSA) is 60.5 Å². The molecular formula is C18H22N2O3. The maximum absolute atomic E-state index is 12.0. The lowest BCUT2D eigenvalue weighted by atomic mass is 10.1. The number of carbonyl (C=O) groups excluding carboxylic acids is 1. The number of benzene rings is 1. The summed E-state index contributed by atoms with van der Waals surface area (Å²) >= 11 is 0. The van der Waals surface area contributed by atoms with Crippen molar-refractivity contribution in [2.75, 3.05) is 13.2 Å². The van der Waals surface area contributed by atoms with Crippen LogP contribution in [0.2, 0.25) is 0 Å². The van der Waals surface area contributed by atoms with E-state index >= 15 is 0 Å². The van der Waals surface area contributed by atoms with Crippen molar-refractivity contribution in [3.8, 4) is 11.6 Å². The number of para-hydroxylation sites is 1. The van der Waals surface area contributed by atoms with Gasteiger partial charge in [0.05, 0.1) is 6.61 Å². The first kappa shape index (κ1) is 16.8. The van der Waals surface area contributed by atoms with Crippen molar-refractivity contribution in [2.24, 2.45) is 0 Å². The van der Waals surface area contributed by atoms with Gasteiger partial charge in [-0.25, -0.2) is 4.98 Å². The van der Waals surface area contributed by atoms with Gasteiger partial charge in [-0.2, -0.15) is 0 Å². The van der Waals surface area contributed by atoms with E-state index in [1.165, 1.54) is 0 Å². The fourth-order valence-corrected chi connectivity index (χ4v) is 2.15. The highest BCUT2D eigenvalue weighted by Crippen LogP contribution is 2.18. The number of nitrogens with one attached hydrogen (secondary N) is 1. The van der Waals surface area contributed by atoms with E-state index in [9.17, 15) is 4.79 Å². The van der Waals surface area contributed by atoms with Crippen molar-refractivity contribution in [1.82, 2.24) is 10.3 Å². The molecule has 0 aliphatic rings. The number of nitrogens with zero attached hydrogens (tertiary/aromatic N) is 1. The minimum atomic E-state index is -0.179. The predicted octanol–water partition coefficient (Wildman–Crippen LogP) is 2.74. The average Bonchev–Trinajstić information content (AvgIpc) is 2.59. The Kier molecular flexibility index (Phi) is 6.41. The SMILES string of the molecule is CCOc1ncccc1CNC(=O)COc1ccccc1CC.